The lowest BCUT2D eigenvalue weighted by atomic mass is 10.1. The number of rotatable bonds is 1. The van der Waals surface area contributed by atoms with Gasteiger partial charge in [0.25, 0.3) is 0 Å². The summed E-state index contributed by atoms with van der Waals surface area (Å²) < 4.78 is 0. The van der Waals surface area contributed by atoms with Crippen LogP contribution in [-0.2, 0) is 6.42 Å². The number of nitrogens with zero attached hydrogens (tertiary/aromatic N) is 1. The first kappa shape index (κ1) is 9.27. The van der Waals surface area contributed by atoms with Crippen molar-refractivity contribution in [3.63, 3.8) is 0 Å². The predicted molar refractivity (Wildman–Crippen MR) is 62.5 cm³/mol. The van der Waals surface area contributed by atoms with E-state index < -0.39 is 0 Å². The van der Waals surface area contributed by atoms with Crippen LogP contribution in [0.2, 0.25) is 0 Å². The van der Waals surface area contributed by atoms with Gasteiger partial charge in [-0.3, -0.25) is 5.10 Å². The summed E-state index contributed by atoms with van der Waals surface area (Å²) in [6.45, 7) is 0.984. The van der Waals surface area contributed by atoms with Crippen LogP contribution in [0.5, 0.6) is 5.75 Å². The lowest BCUT2D eigenvalue weighted by Gasteiger charge is -2.14. The van der Waals surface area contributed by atoms with E-state index >= 15 is 0 Å². The van der Waals surface area contributed by atoms with E-state index in [1.807, 2.05) is 12.1 Å². The molecule has 2 heterocycles. The molecule has 0 saturated carbocycles. The van der Waals surface area contributed by atoms with Crippen LogP contribution in [-0.4, -0.2) is 21.8 Å². The van der Waals surface area contributed by atoms with Gasteiger partial charge in [0.1, 0.15) is 11.4 Å². The van der Waals surface area contributed by atoms with Gasteiger partial charge < -0.3 is 10.4 Å². The molecule has 82 valence electrons. The van der Waals surface area contributed by atoms with Gasteiger partial charge in [-0.15, -0.1) is 0 Å². The summed E-state index contributed by atoms with van der Waals surface area (Å²) in [6.07, 6.45) is 2.17. The zero-order chi connectivity index (χ0) is 11.0. The molecule has 0 aliphatic carbocycles. The van der Waals surface area contributed by atoms with Crippen LogP contribution in [0.1, 0.15) is 12.1 Å². The minimum absolute atomic E-state index is 0.269. The summed E-state index contributed by atoms with van der Waals surface area (Å²) >= 11 is 0. The first-order valence-electron chi connectivity index (χ1n) is 5.45. The Morgan fingerprint density at radius 1 is 1.31 bits per heavy atom. The molecule has 3 N–H and O–H groups in total. The number of hydrogen-bond acceptors (Lipinski definition) is 3. The number of aryl methyl sites for hydroxylation is 1. The van der Waals surface area contributed by atoms with E-state index in [1.165, 1.54) is 0 Å². The normalized spacial score (nSPS) is 14.2. The Hall–Kier alpha value is -1.97. The maximum Gasteiger partial charge on any atom is 0.116 e. The summed E-state index contributed by atoms with van der Waals surface area (Å²) in [5.74, 6) is 0.269. The molecule has 16 heavy (non-hydrogen) atoms. The average molecular weight is 215 g/mol. The van der Waals surface area contributed by atoms with Crippen molar-refractivity contribution in [1.29, 1.82) is 0 Å². The topological polar surface area (TPSA) is 60.9 Å². The number of nitrogens with one attached hydrogen (secondary N) is 2. The highest BCUT2D eigenvalue weighted by molar-refractivity contribution is 5.77. The number of aromatic amines is 1. The zero-order valence-corrected chi connectivity index (χ0v) is 8.83. The average Bonchev–Trinajstić information content (AvgIpc) is 2.72. The van der Waals surface area contributed by atoms with Crippen LogP contribution in [0, 0.1) is 0 Å². The number of aromatic hydroxyl groups is 1. The second-order valence-corrected chi connectivity index (χ2v) is 4.01. The molecule has 1 aromatic heterocycles. The number of hydrogen-bond donors (Lipinski definition) is 3. The third-order valence-corrected chi connectivity index (χ3v) is 2.87. The Bertz CT molecular complexity index is 519. The first-order valence-corrected chi connectivity index (χ1v) is 5.45. The molecule has 4 nitrogen and oxygen atoms in total. The van der Waals surface area contributed by atoms with Gasteiger partial charge in [-0.05, 0) is 25.0 Å². The molecule has 0 unspecified atom stereocenters. The maximum atomic E-state index is 9.46. The van der Waals surface area contributed by atoms with E-state index in [0.29, 0.717) is 0 Å². The minimum Gasteiger partial charge on any atom is -0.508 e. The Kier molecular flexibility index (Phi) is 2.06. The molecular weight excluding hydrogens is 202 g/mol. The third-order valence-electron chi connectivity index (χ3n) is 2.87. The number of aromatic nitrogens is 2. The van der Waals surface area contributed by atoms with Gasteiger partial charge in [0.15, 0.2) is 0 Å². The molecule has 0 fully saturated rings. The molecule has 1 aromatic carbocycles. The lowest BCUT2D eigenvalue weighted by molar-refractivity contribution is 0.475. The monoisotopic (exact) mass is 215 g/mol. The van der Waals surface area contributed by atoms with Gasteiger partial charge in [0.05, 0.1) is 11.4 Å². The van der Waals surface area contributed by atoms with Crippen LogP contribution in [0.4, 0.5) is 5.69 Å². The highest BCUT2D eigenvalue weighted by Crippen LogP contribution is 2.32. The van der Waals surface area contributed by atoms with Crippen LogP contribution in [0.25, 0.3) is 11.3 Å². The Balaban J connectivity index is 2.09. The van der Waals surface area contributed by atoms with E-state index in [9.17, 15) is 5.11 Å². The third kappa shape index (κ3) is 1.43. The lowest BCUT2D eigenvalue weighted by Crippen LogP contribution is -2.10. The second kappa shape index (κ2) is 3.56. The van der Waals surface area contributed by atoms with Crippen molar-refractivity contribution < 1.29 is 5.11 Å². The van der Waals surface area contributed by atoms with E-state index in [1.54, 1.807) is 12.1 Å². The van der Waals surface area contributed by atoms with Crippen LogP contribution >= 0.6 is 0 Å². The maximum absolute atomic E-state index is 9.46. The molecule has 0 spiro atoms. The summed E-state index contributed by atoms with van der Waals surface area (Å²) in [4.78, 5) is 0. The van der Waals surface area contributed by atoms with Gasteiger partial charge in [-0.2, -0.15) is 5.10 Å². The minimum atomic E-state index is 0.269. The van der Waals surface area contributed by atoms with Crippen molar-refractivity contribution in [3.05, 3.63) is 30.0 Å². The van der Waals surface area contributed by atoms with Crippen molar-refractivity contribution in [2.75, 3.05) is 11.9 Å². The molecule has 2 aromatic rings. The van der Waals surface area contributed by atoms with Gasteiger partial charge in [-0.1, -0.05) is 12.1 Å². The fourth-order valence-corrected chi connectivity index (χ4v) is 2.09. The molecular formula is C12H13N3O. The van der Waals surface area contributed by atoms with Gasteiger partial charge in [0.2, 0.25) is 0 Å². The number of benzene rings is 1. The van der Waals surface area contributed by atoms with Crippen molar-refractivity contribution in [1.82, 2.24) is 10.2 Å². The SMILES string of the molecule is Oc1cccc(-c2n[nH]c3c2NCCC3)c1. The molecule has 1 aliphatic heterocycles. The predicted octanol–water partition coefficient (Wildman–Crippen LogP) is 2.14. The largest absolute Gasteiger partial charge is 0.508 e. The second-order valence-electron chi connectivity index (χ2n) is 4.01. The van der Waals surface area contributed by atoms with E-state index in [4.69, 9.17) is 0 Å². The highest BCUT2D eigenvalue weighted by Gasteiger charge is 2.17. The van der Waals surface area contributed by atoms with E-state index in [-0.39, 0.29) is 5.75 Å². The fraction of sp³-hybridized carbons (Fsp3) is 0.250. The number of phenols is 1. The number of fused-ring (bicyclic) bond motifs is 1. The van der Waals surface area contributed by atoms with Gasteiger partial charge >= 0.3 is 0 Å². The van der Waals surface area contributed by atoms with Crippen molar-refractivity contribution >= 4 is 5.69 Å². The smallest absolute Gasteiger partial charge is 0.116 e. The molecule has 0 saturated heterocycles. The van der Waals surface area contributed by atoms with Crippen molar-refractivity contribution in [2.45, 2.75) is 12.8 Å². The summed E-state index contributed by atoms with van der Waals surface area (Å²) in [6, 6.07) is 7.17. The van der Waals surface area contributed by atoms with Gasteiger partial charge in [0, 0.05) is 12.1 Å². The highest BCUT2D eigenvalue weighted by atomic mass is 16.3. The fourth-order valence-electron chi connectivity index (χ4n) is 2.09. The standard InChI is InChI=1S/C12H13N3O/c16-9-4-1-3-8(7-9)11-12-10(14-15-11)5-2-6-13-12/h1,3-4,7,13,16H,2,5-6H2,(H,14,15). The molecule has 0 atom stereocenters. The molecule has 0 radical (unpaired) electrons. The van der Waals surface area contributed by atoms with Crippen molar-refractivity contribution in [3.8, 4) is 17.0 Å². The quantitative estimate of drug-likeness (QED) is 0.683. The molecule has 0 amide bonds. The van der Waals surface area contributed by atoms with Crippen LogP contribution < -0.4 is 5.32 Å². The molecule has 1 aliphatic rings. The Morgan fingerprint density at radius 2 is 2.25 bits per heavy atom. The zero-order valence-electron chi connectivity index (χ0n) is 8.83. The first-order chi connectivity index (χ1) is 7.84. The molecule has 0 bridgehead atoms. The Labute approximate surface area is 93.3 Å². The summed E-state index contributed by atoms with van der Waals surface area (Å²) in [5.41, 5.74) is 4.07. The molecule has 3 rings (SSSR count). The Morgan fingerprint density at radius 3 is 3.12 bits per heavy atom. The summed E-state index contributed by atoms with van der Waals surface area (Å²) in [7, 11) is 0. The van der Waals surface area contributed by atoms with Crippen molar-refractivity contribution in [2.24, 2.45) is 0 Å². The number of anilines is 1. The van der Waals surface area contributed by atoms with Crippen LogP contribution in [0.3, 0.4) is 0 Å². The number of H-pyrrole nitrogens is 1. The van der Waals surface area contributed by atoms with E-state index in [2.05, 4.69) is 15.5 Å². The number of phenolic OH excluding ortho intramolecular Hbond substituents is 1. The summed E-state index contributed by atoms with van der Waals surface area (Å²) in [5, 5.41) is 20.2. The van der Waals surface area contributed by atoms with Crippen LogP contribution in [0.15, 0.2) is 24.3 Å². The van der Waals surface area contributed by atoms with E-state index in [0.717, 1.165) is 42.0 Å². The molecule has 4 heteroatoms. The van der Waals surface area contributed by atoms with Gasteiger partial charge in [-0.25, -0.2) is 0 Å².